The number of amides is 2. The summed E-state index contributed by atoms with van der Waals surface area (Å²) in [4.78, 5) is 32.9. The van der Waals surface area contributed by atoms with Crippen LogP contribution in [0.3, 0.4) is 0 Å². The predicted octanol–water partition coefficient (Wildman–Crippen LogP) is 4.71. The number of aromatic nitrogens is 1. The second-order valence-corrected chi connectivity index (χ2v) is 9.10. The normalized spacial score (nSPS) is 16.5. The number of hydrogen-bond acceptors (Lipinski definition) is 5. The monoisotopic (exact) mass is 447 g/mol. The van der Waals surface area contributed by atoms with Crippen LogP contribution in [0.4, 0.5) is 13.9 Å². The molecule has 1 unspecified atom stereocenters. The van der Waals surface area contributed by atoms with Crippen molar-refractivity contribution in [2.24, 2.45) is 0 Å². The van der Waals surface area contributed by atoms with Gasteiger partial charge in [0.1, 0.15) is 6.04 Å². The number of nitrogens with zero attached hydrogens (tertiary/aromatic N) is 2. The highest BCUT2D eigenvalue weighted by atomic mass is 32.1. The molecule has 2 aromatic heterocycles. The zero-order valence-corrected chi connectivity index (χ0v) is 17.6. The molecule has 0 radical (unpaired) electrons. The van der Waals surface area contributed by atoms with E-state index in [2.05, 4.69) is 10.3 Å². The van der Waals surface area contributed by atoms with Crippen LogP contribution in [0.25, 0.3) is 0 Å². The molecule has 9 heteroatoms. The SMILES string of the molecule is O=C(Nc1ncc(Cc2ccc(F)c(F)c2)s1)C1CCCCN1C(=O)c1cccs1. The molecule has 3 aromatic rings. The molecule has 0 aliphatic carbocycles. The molecular weight excluding hydrogens is 428 g/mol. The quantitative estimate of drug-likeness (QED) is 0.616. The lowest BCUT2D eigenvalue weighted by molar-refractivity contribution is -0.121. The fraction of sp³-hybridized carbons (Fsp3) is 0.286. The molecule has 1 atom stereocenters. The Hall–Kier alpha value is -2.65. The Morgan fingerprint density at radius 3 is 2.83 bits per heavy atom. The van der Waals surface area contributed by atoms with Gasteiger partial charge in [0, 0.05) is 24.0 Å². The number of piperidine rings is 1. The van der Waals surface area contributed by atoms with Crippen LogP contribution in [0, 0.1) is 11.6 Å². The molecule has 1 saturated heterocycles. The summed E-state index contributed by atoms with van der Waals surface area (Å²) >= 11 is 2.64. The van der Waals surface area contributed by atoms with Crippen LogP contribution < -0.4 is 5.32 Å². The highest BCUT2D eigenvalue weighted by Crippen LogP contribution is 2.25. The molecule has 1 fully saturated rings. The molecule has 4 rings (SSSR count). The predicted molar refractivity (Wildman–Crippen MR) is 113 cm³/mol. The lowest BCUT2D eigenvalue weighted by Crippen LogP contribution is -2.49. The topological polar surface area (TPSA) is 62.3 Å². The second-order valence-electron chi connectivity index (χ2n) is 7.03. The van der Waals surface area contributed by atoms with E-state index in [1.807, 2.05) is 11.4 Å². The molecule has 0 bridgehead atoms. The van der Waals surface area contributed by atoms with Crippen molar-refractivity contribution in [2.75, 3.05) is 11.9 Å². The number of benzene rings is 1. The molecule has 1 aromatic carbocycles. The van der Waals surface area contributed by atoms with Crippen LogP contribution >= 0.6 is 22.7 Å². The zero-order chi connectivity index (χ0) is 21.1. The molecular formula is C21H19F2N3O2S2. The van der Waals surface area contributed by atoms with Crippen molar-refractivity contribution < 1.29 is 18.4 Å². The first-order valence-corrected chi connectivity index (χ1v) is 11.2. The van der Waals surface area contributed by atoms with Gasteiger partial charge in [-0.25, -0.2) is 13.8 Å². The minimum Gasteiger partial charge on any atom is -0.326 e. The Morgan fingerprint density at radius 1 is 1.20 bits per heavy atom. The zero-order valence-electron chi connectivity index (χ0n) is 15.9. The first-order valence-electron chi connectivity index (χ1n) is 9.55. The van der Waals surface area contributed by atoms with E-state index in [0.717, 1.165) is 29.9 Å². The molecule has 1 aliphatic heterocycles. The summed E-state index contributed by atoms with van der Waals surface area (Å²) in [5.41, 5.74) is 0.621. The van der Waals surface area contributed by atoms with Crippen molar-refractivity contribution >= 4 is 39.6 Å². The lowest BCUT2D eigenvalue weighted by Gasteiger charge is -2.34. The third-order valence-corrected chi connectivity index (χ3v) is 6.71. The molecule has 2 amide bonds. The third kappa shape index (κ3) is 4.57. The number of hydrogen-bond donors (Lipinski definition) is 1. The van der Waals surface area contributed by atoms with Crippen molar-refractivity contribution in [2.45, 2.75) is 31.7 Å². The summed E-state index contributed by atoms with van der Waals surface area (Å²) < 4.78 is 26.5. The fourth-order valence-electron chi connectivity index (χ4n) is 3.48. The summed E-state index contributed by atoms with van der Waals surface area (Å²) in [6.45, 7) is 0.550. The van der Waals surface area contributed by atoms with E-state index in [0.29, 0.717) is 35.0 Å². The number of thiophene rings is 1. The lowest BCUT2D eigenvalue weighted by atomic mass is 10.0. The highest BCUT2D eigenvalue weighted by Gasteiger charge is 2.33. The Bertz CT molecular complexity index is 1050. The van der Waals surface area contributed by atoms with Crippen molar-refractivity contribution in [3.63, 3.8) is 0 Å². The largest absolute Gasteiger partial charge is 0.326 e. The average Bonchev–Trinajstić information content (AvgIpc) is 3.43. The molecule has 156 valence electrons. The number of nitrogens with one attached hydrogen (secondary N) is 1. The van der Waals surface area contributed by atoms with Gasteiger partial charge < -0.3 is 10.2 Å². The van der Waals surface area contributed by atoms with Crippen molar-refractivity contribution in [3.8, 4) is 0 Å². The molecule has 1 N–H and O–H groups in total. The number of rotatable bonds is 5. The van der Waals surface area contributed by atoms with Crippen LogP contribution in [0.5, 0.6) is 0 Å². The average molecular weight is 448 g/mol. The number of carbonyl (C=O) groups excluding carboxylic acids is 2. The van der Waals surface area contributed by atoms with E-state index in [-0.39, 0.29) is 11.8 Å². The fourth-order valence-corrected chi connectivity index (χ4v) is 5.00. The van der Waals surface area contributed by atoms with Gasteiger partial charge in [-0.2, -0.15) is 0 Å². The summed E-state index contributed by atoms with van der Waals surface area (Å²) in [5.74, 6) is -2.15. The minimum atomic E-state index is -0.890. The number of thiazole rings is 1. The van der Waals surface area contributed by atoms with Gasteiger partial charge in [-0.05, 0) is 48.4 Å². The van der Waals surface area contributed by atoms with Gasteiger partial charge in [0.25, 0.3) is 5.91 Å². The van der Waals surface area contributed by atoms with Crippen molar-refractivity contribution in [1.82, 2.24) is 9.88 Å². The van der Waals surface area contributed by atoms with Gasteiger partial charge in [-0.3, -0.25) is 9.59 Å². The van der Waals surface area contributed by atoms with Crippen molar-refractivity contribution in [1.29, 1.82) is 0 Å². The van der Waals surface area contributed by atoms with Gasteiger partial charge in [-0.15, -0.1) is 22.7 Å². The number of likely N-dealkylation sites (tertiary alicyclic amines) is 1. The second kappa shape index (κ2) is 9.01. The van der Waals surface area contributed by atoms with Crippen LogP contribution in [0.1, 0.15) is 39.4 Å². The van der Waals surface area contributed by atoms with E-state index < -0.39 is 17.7 Å². The standard InChI is InChI=1S/C21H19F2N3O2S2/c22-15-7-6-13(11-16(15)23)10-14-12-24-21(30-14)25-19(27)17-4-1-2-8-26(17)20(28)18-5-3-9-29-18/h3,5-7,9,11-12,17H,1-2,4,8,10H2,(H,24,25,27). The van der Waals surface area contributed by atoms with Crippen molar-refractivity contribution in [3.05, 3.63) is 68.9 Å². The molecule has 3 heterocycles. The summed E-state index contributed by atoms with van der Waals surface area (Å²) in [6, 6.07) is 6.82. The first kappa shape index (κ1) is 20.6. The van der Waals surface area contributed by atoms with E-state index in [9.17, 15) is 18.4 Å². The van der Waals surface area contributed by atoms with Crippen LogP contribution in [-0.4, -0.2) is 34.3 Å². The van der Waals surface area contributed by atoms with Gasteiger partial charge in [0.15, 0.2) is 16.8 Å². The number of carbonyl (C=O) groups is 2. The maximum absolute atomic E-state index is 13.4. The van der Waals surface area contributed by atoms with E-state index in [4.69, 9.17) is 0 Å². The Labute approximate surface area is 180 Å². The first-order chi connectivity index (χ1) is 14.5. The number of anilines is 1. The minimum absolute atomic E-state index is 0.122. The molecule has 5 nitrogen and oxygen atoms in total. The van der Waals surface area contributed by atoms with Gasteiger partial charge in [0.2, 0.25) is 5.91 Å². The molecule has 0 saturated carbocycles. The molecule has 1 aliphatic rings. The van der Waals surface area contributed by atoms with Gasteiger partial charge >= 0.3 is 0 Å². The molecule has 30 heavy (non-hydrogen) atoms. The van der Waals surface area contributed by atoms with Crippen LogP contribution in [0.15, 0.2) is 41.9 Å². The Balaban J connectivity index is 1.42. The smallest absolute Gasteiger partial charge is 0.264 e. The summed E-state index contributed by atoms with van der Waals surface area (Å²) in [7, 11) is 0. The molecule has 0 spiro atoms. The van der Waals surface area contributed by atoms with E-state index in [1.165, 1.54) is 28.7 Å². The number of halogens is 2. The van der Waals surface area contributed by atoms with Gasteiger partial charge in [0.05, 0.1) is 4.88 Å². The maximum Gasteiger partial charge on any atom is 0.264 e. The van der Waals surface area contributed by atoms with Gasteiger partial charge in [-0.1, -0.05) is 12.1 Å². The van der Waals surface area contributed by atoms with E-state index in [1.54, 1.807) is 17.2 Å². The van der Waals surface area contributed by atoms with Crippen LogP contribution in [0.2, 0.25) is 0 Å². The Kier molecular flexibility index (Phi) is 6.19. The summed E-state index contributed by atoms with van der Waals surface area (Å²) in [5, 5.41) is 5.08. The summed E-state index contributed by atoms with van der Waals surface area (Å²) in [6.07, 6.45) is 4.35. The highest BCUT2D eigenvalue weighted by molar-refractivity contribution is 7.15. The van der Waals surface area contributed by atoms with Crippen LogP contribution in [-0.2, 0) is 11.2 Å². The Morgan fingerprint density at radius 2 is 2.07 bits per heavy atom. The third-order valence-electron chi connectivity index (χ3n) is 4.94. The maximum atomic E-state index is 13.4. The van der Waals surface area contributed by atoms with E-state index >= 15 is 0 Å².